The molecule has 23 nitrogen and oxygen atoms in total. The van der Waals surface area contributed by atoms with Crippen molar-refractivity contribution in [3.8, 4) is 0 Å². The Balaban J connectivity index is 5.96. The Labute approximate surface area is 332 Å². The van der Waals surface area contributed by atoms with Crippen molar-refractivity contribution in [3.63, 3.8) is 0 Å². The highest BCUT2D eigenvalue weighted by atomic mass is 16.3. The predicted molar refractivity (Wildman–Crippen MR) is 208 cm³/mol. The molecular formula is C34H65N13O10. The molecule has 0 bridgehead atoms. The molecule has 0 unspecified atom stereocenters. The minimum absolute atomic E-state index is 0.0607. The van der Waals surface area contributed by atoms with E-state index < -0.39 is 109 Å². The predicted octanol–water partition coefficient (Wildman–Crippen LogP) is -6.75. The first-order valence-corrected chi connectivity index (χ1v) is 19.1. The van der Waals surface area contributed by atoms with E-state index >= 15 is 0 Å². The van der Waals surface area contributed by atoms with Gasteiger partial charge in [-0.1, -0.05) is 0 Å². The van der Waals surface area contributed by atoms with E-state index in [9.17, 15) is 48.3 Å². The maximum absolute atomic E-state index is 13.7. The molecule has 6 atom stereocenters. The van der Waals surface area contributed by atoms with E-state index in [0.717, 1.165) is 0 Å². The van der Waals surface area contributed by atoms with Gasteiger partial charge >= 0.3 is 0 Å². The molecule has 0 aromatic heterocycles. The molecule has 0 aliphatic carbocycles. The van der Waals surface area contributed by atoms with Crippen LogP contribution < -0.4 is 70.8 Å². The molecule has 0 aromatic rings. The first-order chi connectivity index (χ1) is 27.1. The lowest BCUT2D eigenvalue weighted by molar-refractivity contribution is -0.135. The van der Waals surface area contributed by atoms with E-state index in [-0.39, 0.29) is 32.4 Å². The van der Waals surface area contributed by atoms with Crippen LogP contribution in [0.15, 0.2) is 0 Å². The number of unbranched alkanes of at least 4 members (excludes halogenated alkanes) is 3. The Hall–Kier alpha value is -4.97. The summed E-state index contributed by atoms with van der Waals surface area (Å²) >= 11 is 0. The lowest BCUT2D eigenvalue weighted by Crippen LogP contribution is -2.59. The van der Waals surface area contributed by atoms with Crippen LogP contribution >= 0.6 is 0 Å². The van der Waals surface area contributed by atoms with Gasteiger partial charge in [0, 0.05) is 7.05 Å². The second-order valence-electron chi connectivity index (χ2n) is 13.2. The van der Waals surface area contributed by atoms with Gasteiger partial charge < -0.3 is 75.9 Å². The van der Waals surface area contributed by atoms with Crippen LogP contribution in [0.5, 0.6) is 0 Å². The number of aliphatic hydroxyl groups is 1. The van der Waals surface area contributed by atoms with Gasteiger partial charge in [0.15, 0.2) is 0 Å². The van der Waals surface area contributed by atoms with Crippen LogP contribution in [0.1, 0.15) is 71.6 Å². The molecule has 0 saturated heterocycles. The number of carbonyl (C=O) groups is 9. The monoisotopic (exact) mass is 815 g/mol. The van der Waals surface area contributed by atoms with Gasteiger partial charge in [0.05, 0.1) is 26.2 Å². The Bertz CT molecular complexity index is 1320. The summed E-state index contributed by atoms with van der Waals surface area (Å²) in [6.07, 6.45) is 3.02. The fraction of sp³-hybridized carbons (Fsp3) is 0.735. The van der Waals surface area contributed by atoms with E-state index in [4.69, 9.17) is 22.9 Å². The number of nitrogens with two attached hydrogens (primary N) is 4. The fourth-order valence-electron chi connectivity index (χ4n) is 5.03. The first-order valence-electron chi connectivity index (χ1n) is 19.1. The third-order valence-corrected chi connectivity index (χ3v) is 8.40. The number of hydrogen-bond acceptors (Lipinski definition) is 14. The lowest BCUT2D eigenvalue weighted by atomic mass is 10.0. The summed E-state index contributed by atoms with van der Waals surface area (Å²) in [5, 5.41) is 31.8. The van der Waals surface area contributed by atoms with Crippen molar-refractivity contribution in [1.29, 1.82) is 0 Å². The molecule has 0 aliphatic heterocycles. The number of likely N-dealkylation sites (N-methyl/N-ethyl adjacent to an activating group) is 1. The van der Waals surface area contributed by atoms with Gasteiger partial charge in [-0.05, 0) is 91.3 Å². The third-order valence-electron chi connectivity index (χ3n) is 8.40. The largest absolute Gasteiger partial charge is 0.394 e. The van der Waals surface area contributed by atoms with Crippen LogP contribution in [0.3, 0.4) is 0 Å². The average Bonchev–Trinajstić information content (AvgIpc) is 3.19. The minimum Gasteiger partial charge on any atom is -0.394 e. The van der Waals surface area contributed by atoms with Gasteiger partial charge in [-0.15, -0.1) is 0 Å². The van der Waals surface area contributed by atoms with Crippen LogP contribution in [0.4, 0.5) is 0 Å². The fourth-order valence-corrected chi connectivity index (χ4v) is 5.03. The molecule has 57 heavy (non-hydrogen) atoms. The van der Waals surface area contributed by atoms with E-state index in [0.29, 0.717) is 51.6 Å². The molecule has 0 heterocycles. The van der Waals surface area contributed by atoms with Crippen molar-refractivity contribution in [2.75, 3.05) is 52.9 Å². The maximum Gasteiger partial charge on any atom is 0.245 e. The van der Waals surface area contributed by atoms with Gasteiger partial charge in [0.25, 0.3) is 0 Å². The molecule has 0 saturated carbocycles. The smallest absolute Gasteiger partial charge is 0.245 e. The number of carbonyl (C=O) groups excluding carboxylic acids is 9. The van der Waals surface area contributed by atoms with Gasteiger partial charge in [-0.2, -0.15) is 0 Å². The van der Waals surface area contributed by atoms with Gasteiger partial charge in [-0.3, -0.25) is 43.2 Å². The van der Waals surface area contributed by atoms with Gasteiger partial charge in [-0.25, -0.2) is 0 Å². The van der Waals surface area contributed by atoms with Crippen molar-refractivity contribution >= 4 is 53.2 Å². The number of aliphatic hydroxyl groups excluding tert-OH is 1. The van der Waals surface area contributed by atoms with E-state index in [1.54, 1.807) is 0 Å². The zero-order chi connectivity index (χ0) is 43.3. The lowest BCUT2D eigenvalue weighted by Gasteiger charge is -2.27. The van der Waals surface area contributed by atoms with Crippen LogP contribution in [-0.2, 0) is 43.2 Å². The Morgan fingerprint density at radius 3 is 1.23 bits per heavy atom. The molecule has 0 spiro atoms. The number of nitrogens with one attached hydrogen (secondary N) is 9. The average molecular weight is 816 g/mol. The van der Waals surface area contributed by atoms with Crippen molar-refractivity contribution < 1.29 is 48.3 Å². The highest BCUT2D eigenvalue weighted by Crippen LogP contribution is 2.08. The molecule has 0 radical (unpaired) electrons. The zero-order valence-corrected chi connectivity index (χ0v) is 33.2. The summed E-state index contributed by atoms with van der Waals surface area (Å²) in [6.45, 7) is 1.52. The zero-order valence-electron chi connectivity index (χ0n) is 33.2. The summed E-state index contributed by atoms with van der Waals surface area (Å²) in [5.74, 6) is -6.37. The van der Waals surface area contributed by atoms with Crippen LogP contribution in [0.25, 0.3) is 0 Å². The molecule has 9 amide bonds. The highest BCUT2D eigenvalue weighted by molar-refractivity contribution is 5.97. The molecule has 0 aliphatic rings. The second-order valence-corrected chi connectivity index (χ2v) is 13.2. The summed E-state index contributed by atoms with van der Waals surface area (Å²) in [6, 6.07) is -7.11. The summed E-state index contributed by atoms with van der Waals surface area (Å²) < 4.78 is 0. The molecule has 0 fully saturated rings. The molecule has 0 rings (SSSR count). The van der Waals surface area contributed by atoms with Crippen molar-refractivity contribution in [1.82, 2.24) is 47.9 Å². The maximum atomic E-state index is 13.7. The molecule has 23 heteroatoms. The van der Waals surface area contributed by atoms with Crippen molar-refractivity contribution in [2.24, 2.45) is 22.9 Å². The highest BCUT2D eigenvalue weighted by Gasteiger charge is 2.32. The van der Waals surface area contributed by atoms with Gasteiger partial charge in [0.2, 0.25) is 53.2 Å². The third kappa shape index (κ3) is 22.4. The molecular weight excluding hydrogens is 750 g/mol. The van der Waals surface area contributed by atoms with E-state index in [2.05, 4.69) is 47.9 Å². The molecule has 18 N–H and O–H groups in total. The standard InChI is InChI=1S/C34H65N13O10/c1-20(29(52)39-3)42-30(53)21(2)43-31(54)22(10-4-7-13-35)45-32(55)23(11-5-8-14-36)46-33(56)24(12-6-9-15-37)47-34(57)25(19-48)44-28(51)18-41-27(50)17-40-26(49)16-38/h20-25,48H,4-19,35-38H2,1-3H3,(H,39,52)(H,40,49)(H,41,50)(H,42,53)(H,43,54)(H,44,51)(H,45,55)(H,46,56)(H,47,57)/t20-,21+,22-,23+,24-,25+/m1/s1. The number of hydrogen-bond donors (Lipinski definition) is 14. The Morgan fingerprint density at radius 2 is 0.825 bits per heavy atom. The number of amides is 9. The Morgan fingerprint density at radius 1 is 0.456 bits per heavy atom. The number of rotatable bonds is 30. The normalized spacial score (nSPS) is 13.9. The van der Waals surface area contributed by atoms with Crippen molar-refractivity contribution in [3.05, 3.63) is 0 Å². The van der Waals surface area contributed by atoms with Crippen LogP contribution in [0.2, 0.25) is 0 Å². The molecule has 0 aromatic carbocycles. The van der Waals surface area contributed by atoms with Crippen molar-refractivity contribution in [2.45, 2.75) is 108 Å². The topological polar surface area (TPSA) is 386 Å². The summed E-state index contributed by atoms with van der Waals surface area (Å²) in [7, 11) is 1.41. The summed E-state index contributed by atoms with van der Waals surface area (Å²) in [5.41, 5.74) is 22.1. The second kappa shape index (κ2) is 30.2. The van der Waals surface area contributed by atoms with Gasteiger partial charge in [0.1, 0.15) is 36.3 Å². The van der Waals surface area contributed by atoms with Crippen LogP contribution in [-0.4, -0.2) is 147 Å². The van der Waals surface area contributed by atoms with E-state index in [1.807, 2.05) is 0 Å². The van der Waals surface area contributed by atoms with Crippen LogP contribution in [0, 0.1) is 0 Å². The Kier molecular flexibility index (Phi) is 27.6. The quantitative estimate of drug-likeness (QED) is 0.0300. The minimum atomic E-state index is -1.54. The van der Waals surface area contributed by atoms with E-state index in [1.165, 1.54) is 20.9 Å². The summed E-state index contributed by atoms with van der Waals surface area (Å²) in [4.78, 5) is 114. The molecule has 326 valence electrons. The SMILES string of the molecule is CNC(=O)[C@@H](C)NC(=O)[C@H](C)NC(=O)[C@@H](CCCCN)NC(=O)[C@H](CCCCN)NC(=O)[C@@H](CCCCN)NC(=O)[C@H](CO)NC(=O)CNC(=O)CNC(=O)CN. The first kappa shape index (κ1) is 52.0.